The summed E-state index contributed by atoms with van der Waals surface area (Å²) in [4.78, 5) is 11.8. The Morgan fingerprint density at radius 2 is 2.25 bits per heavy atom. The lowest BCUT2D eigenvalue weighted by atomic mass is 10.3. The Bertz CT molecular complexity index is 681. The second-order valence-electron chi connectivity index (χ2n) is 5.04. The minimum Gasteiger partial charge on any atom is -0.316 e. The molecule has 2 heterocycles. The number of rotatable bonds is 5. The molecule has 8 heteroatoms. The van der Waals surface area contributed by atoms with Gasteiger partial charge < -0.3 is 5.32 Å². The van der Waals surface area contributed by atoms with Gasteiger partial charge in [-0.15, -0.1) is 5.10 Å². The van der Waals surface area contributed by atoms with E-state index in [1.165, 1.54) is 11.8 Å². The fourth-order valence-corrected chi connectivity index (χ4v) is 3.40. The average molecular weight is 294 g/mol. The molecule has 0 aromatic carbocycles. The molecule has 0 aliphatic heterocycles. The molecule has 3 rings (SSSR count). The highest BCUT2D eigenvalue weighted by atomic mass is 32.2. The zero-order valence-electron chi connectivity index (χ0n) is 11.8. The van der Waals surface area contributed by atoms with Gasteiger partial charge >= 0.3 is 5.69 Å². The van der Waals surface area contributed by atoms with Gasteiger partial charge in [0.05, 0.1) is 5.69 Å². The molecule has 0 bridgehead atoms. The van der Waals surface area contributed by atoms with Crippen LogP contribution in [0.1, 0.15) is 30.1 Å². The van der Waals surface area contributed by atoms with Crippen molar-refractivity contribution in [1.29, 1.82) is 0 Å². The van der Waals surface area contributed by atoms with Crippen LogP contribution in [0.2, 0.25) is 0 Å². The first-order valence-corrected chi connectivity index (χ1v) is 7.45. The number of nitrogens with zero attached hydrogens (tertiary/aromatic N) is 4. The minimum atomic E-state index is -0.121. The smallest absolute Gasteiger partial charge is 0.316 e. The first kappa shape index (κ1) is 13.4. The minimum absolute atomic E-state index is 0.121. The summed E-state index contributed by atoms with van der Waals surface area (Å²) in [7, 11) is 3.83. The van der Waals surface area contributed by atoms with Gasteiger partial charge in [0.1, 0.15) is 5.03 Å². The zero-order valence-corrected chi connectivity index (χ0v) is 12.6. The number of hydrogen-bond acceptors (Lipinski definition) is 5. The lowest BCUT2D eigenvalue weighted by molar-refractivity contribution is 0.636. The third-order valence-electron chi connectivity index (χ3n) is 3.41. The summed E-state index contributed by atoms with van der Waals surface area (Å²) in [5.41, 5.74) is 2.03. The molecule has 0 unspecified atom stereocenters. The van der Waals surface area contributed by atoms with Crippen molar-refractivity contribution in [2.75, 3.05) is 7.05 Å². The molecule has 0 atom stereocenters. The first-order chi connectivity index (χ1) is 9.61. The third-order valence-corrected chi connectivity index (χ3v) is 4.59. The van der Waals surface area contributed by atoms with E-state index in [0.29, 0.717) is 6.04 Å². The molecule has 1 aliphatic carbocycles. The quantitative estimate of drug-likeness (QED) is 0.853. The van der Waals surface area contributed by atoms with Gasteiger partial charge in [-0.1, -0.05) is 0 Å². The van der Waals surface area contributed by atoms with Gasteiger partial charge in [-0.05, 0) is 38.6 Å². The van der Waals surface area contributed by atoms with Crippen molar-refractivity contribution in [3.63, 3.8) is 0 Å². The molecule has 108 valence electrons. The molecular weight excluding hydrogens is 276 g/mol. The predicted octanol–water partition coefficient (Wildman–Crippen LogP) is 0.819. The Morgan fingerprint density at radius 1 is 1.50 bits per heavy atom. The largest absolute Gasteiger partial charge is 0.344 e. The first-order valence-electron chi connectivity index (χ1n) is 6.63. The fourth-order valence-electron chi connectivity index (χ4n) is 2.29. The molecule has 2 aromatic heterocycles. The standard InChI is InChI=1S/C12H18N6OS/c1-7-9(6-13-2)10(17(3)16-7)20-12-15-14-11(19)18(12)8-4-5-8/h8,13H,4-6H2,1-3H3,(H,14,19). The summed E-state index contributed by atoms with van der Waals surface area (Å²) in [5, 5.41) is 16.1. The van der Waals surface area contributed by atoms with Crippen LogP contribution < -0.4 is 11.0 Å². The van der Waals surface area contributed by atoms with Gasteiger partial charge in [0.2, 0.25) is 0 Å². The number of hydrogen-bond donors (Lipinski definition) is 2. The number of H-pyrrole nitrogens is 1. The van der Waals surface area contributed by atoms with E-state index >= 15 is 0 Å². The second-order valence-corrected chi connectivity index (χ2v) is 5.99. The van der Waals surface area contributed by atoms with Crippen molar-refractivity contribution in [2.24, 2.45) is 7.05 Å². The second kappa shape index (κ2) is 5.10. The fraction of sp³-hybridized carbons (Fsp3) is 0.583. The molecule has 1 saturated carbocycles. The van der Waals surface area contributed by atoms with Crippen LogP contribution in [0.5, 0.6) is 0 Å². The number of aromatic nitrogens is 5. The normalized spacial score (nSPS) is 14.9. The Balaban J connectivity index is 1.97. The van der Waals surface area contributed by atoms with Crippen LogP contribution in [0.4, 0.5) is 0 Å². The molecule has 2 aromatic rings. The van der Waals surface area contributed by atoms with E-state index in [1.807, 2.05) is 25.7 Å². The van der Waals surface area contributed by atoms with Crippen LogP contribution in [0.15, 0.2) is 15.0 Å². The highest BCUT2D eigenvalue weighted by molar-refractivity contribution is 7.99. The summed E-state index contributed by atoms with van der Waals surface area (Å²) in [6.07, 6.45) is 2.11. The molecule has 1 fully saturated rings. The molecule has 2 N–H and O–H groups in total. The summed E-state index contributed by atoms with van der Waals surface area (Å²) in [6, 6.07) is 0.311. The van der Waals surface area contributed by atoms with E-state index in [0.717, 1.165) is 40.8 Å². The maximum atomic E-state index is 11.8. The molecular formula is C12H18N6OS. The van der Waals surface area contributed by atoms with Crippen molar-refractivity contribution >= 4 is 11.8 Å². The molecule has 1 aliphatic rings. The van der Waals surface area contributed by atoms with E-state index in [9.17, 15) is 4.79 Å². The van der Waals surface area contributed by atoms with Gasteiger partial charge in [-0.25, -0.2) is 9.89 Å². The Hall–Kier alpha value is -1.54. The van der Waals surface area contributed by atoms with Crippen molar-refractivity contribution in [2.45, 2.75) is 42.5 Å². The Kier molecular flexibility index (Phi) is 3.43. The average Bonchev–Trinajstić information content (AvgIpc) is 3.12. The Morgan fingerprint density at radius 3 is 2.90 bits per heavy atom. The number of nitrogens with one attached hydrogen (secondary N) is 2. The van der Waals surface area contributed by atoms with Gasteiger partial charge in [-0.2, -0.15) is 5.10 Å². The third kappa shape index (κ3) is 2.29. The lowest BCUT2D eigenvalue weighted by Gasteiger charge is -2.06. The number of aryl methyl sites for hydroxylation is 2. The van der Waals surface area contributed by atoms with Gasteiger partial charge in [-0.3, -0.25) is 9.25 Å². The lowest BCUT2D eigenvalue weighted by Crippen LogP contribution is -2.16. The molecule has 7 nitrogen and oxygen atoms in total. The monoisotopic (exact) mass is 294 g/mol. The SMILES string of the molecule is CNCc1c(C)nn(C)c1Sc1n[nH]c(=O)n1C1CC1. The van der Waals surface area contributed by atoms with E-state index in [4.69, 9.17) is 0 Å². The van der Waals surface area contributed by atoms with Crippen LogP contribution in [-0.2, 0) is 13.6 Å². The van der Waals surface area contributed by atoms with Crippen LogP contribution in [-0.4, -0.2) is 31.6 Å². The van der Waals surface area contributed by atoms with E-state index in [1.54, 1.807) is 4.57 Å². The van der Waals surface area contributed by atoms with Gasteiger partial charge in [0, 0.05) is 25.2 Å². The maximum Gasteiger partial charge on any atom is 0.344 e. The molecule has 0 radical (unpaired) electrons. The summed E-state index contributed by atoms with van der Waals surface area (Å²) in [5.74, 6) is 0. The highest BCUT2D eigenvalue weighted by Gasteiger charge is 2.29. The highest BCUT2D eigenvalue weighted by Crippen LogP contribution is 2.38. The predicted molar refractivity (Wildman–Crippen MR) is 76.0 cm³/mol. The summed E-state index contributed by atoms with van der Waals surface area (Å²) < 4.78 is 3.61. The zero-order chi connectivity index (χ0) is 14.3. The van der Waals surface area contributed by atoms with Crippen LogP contribution in [0.3, 0.4) is 0 Å². The van der Waals surface area contributed by atoms with Crippen molar-refractivity contribution in [3.05, 3.63) is 21.7 Å². The van der Waals surface area contributed by atoms with E-state index in [2.05, 4.69) is 20.6 Å². The maximum absolute atomic E-state index is 11.8. The molecule has 20 heavy (non-hydrogen) atoms. The van der Waals surface area contributed by atoms with Crippen molar-refractivity contribution in [3.8, 4) is 0 Å². The van der Waals surface area contributed by atoms with Crippen LogP contribution in [0.25, 0.3) is 0 Å². The number of aromatic amines is 1. The van der Waals surface area contributed by atoms with Crippen molar-refractivity contribution < 1.29 is 0 Å². The van der Waals surface area contributed by atoms with Crippen LogP contribution in [0, 0.1) is 6.92 Å². The van der Waals surface area contributed by atoms with Crippen molar-refractivity contribution in [1.82, 2.24) is 29.9 Å². The van der Waals surface area contributed by atoms with E-state index < -0.39 is 0 Å². The van der Waals surface area contributed by atoms with Gasteiger partial charge in [0.15, 0.2) is 5.16 Å². The topological polar surface area (TPSA) is 80.5 Å². The summed E-state index contributed by atoms with van der Waals surface area (Å²) in [6.45, 7) is 2.75. The molecule has 0 spiro atoms. The molecule has 0 saturated heterocycles. The van der Waals surface area contributed by atoms with Crippen LogP contribution >= 0.6 is 11.8 Å². The summed E-state index contributed by atoms with van der Waals surface area (Å²) >= 11 is 1.50. The van der Waals surface area contributed by atoms with Gasteiger partial charge in [0.25, 0.3) is 0 Å². The Labute approximate surface area is 120 Å². The molecule has 0 amide bonds. The van der Waals surface area contributed by atoms with E-state index in [-0.39, 0.29) is 5.69 Å².